The van der Waals surface area contributed by atoms with Gasteiger partial charge in [-0.15, -0.1) is 0 Å². The number of nitriles is 1. The molecule has 0 saturated heterocycles. The number of pyridine rings is 1. The Balaban J connectivity index is 2.30. The molecule has 0 aliphatic heterocycles. The highest BCUT2D eigenvalue weighted by molar-refractivity contribution is 9.10. The first-order valence-electron chi connectivity index (χ1n) is 6.51. The van der Waals surface area contributed by atoms with E-state index in [4.69, 9.17) is 28.5 Å². The van der Waals surface area contributed by atoms with Gasteiger partial charge in [-0.05, 0) is 35.0 Å². The summed E-state index contributed by atoms with van der Waals surface area (Å²) in [5, 5.41) is 12.2. The summed E-state index contributed by atoms with van der Waals surface area (Å²) in [5.41, 5.74) is 0.948. The third-order valence-corrected chi connectivity index (χ3v) is 4.14. The lowest BCUT2D eigenvalue weighted by Crippen LogP contribution is -2.05. The Morgan fingerprint density at radius 2 is 2.00 bits per heavy atom. The zero-order valence-electron chi connectivity index (χ0n) is 12.2. The van der Waals surface area contributed by atoms with E-state index in [1.54, 1.807) is 6.92 Å². The van der Waals surface area contributed by atoms with Gasteiger partial charge in [-0.25, -0.2) is 4.39 Å². The van der Waals surface area contributed by atoms with E-state index in [0.29, 0.717) is 16.9 Å². The summed E-state index contributed by atoms with van der Waals surface area (Å²) in [7, 11) is 0. The molecule has 4 nitrogen and oxygen atoms in total. The molecule has 1 aromatic carbocycles. The molecule has 2 rings (SSSR count). The number of carbonyl (C=O) groups is 1. The van der Waals surface area contributed by atoms with Crippen LogP contribution in [0.15, 0.2) is 40.8 Å². The van der Waals surface area contributed by atoms with Gasteiger partial charge < -0.3 is 5.32 Å². The minimum atomic E-state index is -0.729. The molecule has 0 unspecified atom stereocenters. The van der Waals surface area contributed by atoms with E-state index < -0.39 is 11.6 Å². The van der Waals surface area contributed by atoms with Crippen LogP contribution in [0.3, 0.4) is 0 Å². The molecule has 0 fully saturated rings. The number of nitrogens with one attached hydrogen (secondary N) is 1. The van der Waals surface area contributed by atoms with Gasteiger partial charge in [-0.2, -0.15) is 5.26 Å². The Hall–Kier alpha value is -1.94. The first-order valence-corrected chi connectivity index (χ1v) is 8.06. The molecule has 122 valence electrons. The van der Waals surface area contributed by atoms with Gasteiger partial charge in [-0.1, -0.05) is 23.2 Å². The topological polar surface area (TPSA) is 65.8 Å². The van der Waals surface area contributed by atoms with Gasteiger partial charge in [0.05, 0.1) is 39.1 Å². The summed E-state index contributed by atoms with van der Waals surface area (Å²) in [4.78, 5) is 15.9. The van der Waals surface area contributed by atoms with Crippen molar-refractivity contribution in [3.05, 3.63) is 67.8 Å². The molecule has 0 aliphatic carbocycles. The fourth-order valence-corrected chi connectivity index (χ4v) is 2.99. The molecule has 0 amide bonds. The number of hydrogen-bond donors (Lipinski definition) is 1. The van der Waals surface area contributed by atoms with Crippen LogP contribution in [-0.4, -0.2) is 10.8 Å². The van der Waals surface area contributed by atoms with E-state index in [1.165, 1.54) is 24.4 Å². The lowest BCUT2D eigenvalue weighted by atomic mass is 10.1. The lowest BCUT2D eigenvalue weighted by molar-refractivity contribution is 0.104. The molecule has 0 saturated carbocycles. The normalized spacial score (nSPS) is 11.1. The van der Waals surface area contributed by atoms with Crippen LogP contribution in [0, 0.1) is 17.1 Å². The Morgan fingerprint density at radius 1 is 1.38 bits per heavy atom. The molecular weight excluding hydrogens is 420 g/mol. The summed E-state index contributed by atoms with van der Waals surface area (Å²) in [6.45, 7) is 1.61. The van der Waals surface area contributed by atoms with Gasteiger partial charge >= 0.3 is 0 Å². The van der Waals surface area contributed by atoms with Crippen LogP contribution in [0.5, 0.6) is 0 Å². The van der Waals surface area contributed by atoms with Crippen molar-refractivity contribution in [3.63, 3.8) is 0 Å². The summed E-state index contributed by atoms with van der Waals surface area (Å²) < 4.78 is 14.0. The first-order chi connectivity index (χ1) is 11.3. The molecule has 0 aliphatic rings. The fraction of sp³-hybridized carbons (Fsp3) is 0.0625. The molecule has 1 N–H and O–H groups in total. The first kappa shape index (κ1) is 18.4. The van der Waals surface area contributed by atoms with E-state index >= 15 is 0 Å². The third kappa shape index (κ3) is 4.12. The highest BCUT2D eigenvalue weighted by atomic mass is 79.9. The van der Waals surface area contributed by atoms with Crippen LogP contribution < -0.4 is 5.32 Å². The number of anilines is 1. The Labute approximate surface area is 156 Å². The second-order valence-corrected chi connectivity index (χ2v) is 6.39. The largest absolute Gasteiger partial charge is 0.357 e. The molecule has 0 spiro atoms. The molecule has 2 aromatic rings. The van der Waals surface area contributed by atoms with Crippen molar-refractivity contribution in [2.24, 2.45) is 0 Å². The predicted octanol–water partition coefficient (Wildman–Crippen LogP) is 5.36. The Bertz CT molecular complexity index is 850. The minimum Gasteiger partial charge on any atom is -0.357 e. The summed E-state index contributed by atoms with van der Waals surface area (Å²) in [5.74, 6) is -1.28. The van der Waals surface area contributed by atoms with E-state index in [0.717, 1.165) is 6.20 Å². The minimum absolute atomic E-state index is 0.122. The van der Waals surface area contributed by atoms with E-state index in [1.807, 2.05) is 6.07 Å². The molecule has 0 radical (unpaired) electrons. The molecule has 0 atom stereocenters. The highest BCUT2D eigenvalue weighted by Crippen LogP contribution is 2.32. The quantitative estimate of drug-likeness (QED) is 0.525. The van der Waals surface area contributed by atoms with Crippen LogP contribution in [0.2, 0.25) is 10.0 Å². The third-order valence-electron chi connectivity index (χ3n) is 2.94. The Kier molecular flexibility index (Phi) is 5.94. The SMILES string of the molecule is C/C(=C/C(=O)c1c(F)cncc1Br)Nc1c(Cl)cc(C#N)cc1Cl. The van der Waals surface area contributed by atoms with Gasteiger partial charge in [-0.3, -0.25) is 9.78 Å². The van der Waals surface area contributed by atoms with Crippen molar-refractivity contribution in [1.29, 1.82) is 5.26 Å². The number of ketones is 1. The molecule has 1 heterocycles. The van der Waals surface area contributed by atoms with Crippen LogP contribution >= 0.6 is 39.1 Å². The maximum Gasteiger partial charge on any atom is 0.191 e. The number of benzene rings is 1. The average molecular weight is 429 g/mol. The van der Waals surface area contributed by atoms with E-state index in [9.17, 15) is 9.18 Å². The number of hydrogen-bond acceptors (Lipinski definition) is 4. The summed E-state index contributed by atoms with van der Waals surface area (Å²) in [6.07, 6.45) is 3.51. The van der Waals surface area contributed by atoms with Gasteiger partial charge in [0.15, 0.2) is 11.6 Å². The molecule has 1 aromatic heterocycles. The second kappa shape index (κ2) is 7.75. The number of aromatic nitrogens is 1. The van der Waals surface area contributed by atoms with Crippen molar-refractivity contribution in [2.75, 3.05) is 5.32 Å². The monoisotopic (exact) mass is 427 g/mol. The van der Waals surface area contributed by atoms with Gasteiger partial charge in [0, 0.05) is 22.4 Å². The number of carbonyl (C=O) groups excluding carboxylic acids is 1. The fourth-order valence-electron chi connectivity index (χ4n) is 1.91. The van der Waals surface area contributed by atoms with Crippen molar-refractivity contribution in [3.8, 4) is 6.07 Å². The second-order valence-electron chi connectivity index (χ2n) is 4.72. The Morgan fingerprint density at radius 3 is 2.54 bits per heavy atom. The van der Waals surface area contributed by atoms with Gasteiger partial charge in [0.2, 0.25) is 0 Å². The van der Waals surface area contributed by atoms with Crippen molar-refractivity contribution < 1.29 is 9.18 Å². The molecular formula is C16H9BrCl2FN3O. The predicted molar refractivity (Wildman–Crippen MR) is 94.8 cm³/mol. The zero-order valence-corrected chi connectivity index (χ0v) is 15.3. The highest BCUT2D eigenvalue weighted by Gasteiger charge is 2.15. The summed E-state index contributed by atoms with van der Waals surface area (Å²) >= 11 is 15.2. The number of nitrogens with zero attached hydrogens (tertiary/aromatic N) is 2. The summed E-state index contributed by atoms with van der Waals surface area (Å²) in [6, 6.07) is 4.83. The van der Waals surface area contributed by atoms with Crippen LogP contribution in [0.1, 0.15) is 22.8 Å². The van der Waals surface area contributed by atoms with Crippen molar-refractivity contribution in [2.45, 2.75) is 6.92 Å². The lowest BCUT2D eigenvalue weighted by Gasteiger charge is -2.11. The molecule has 0 bridgehead atoms. The molecule has 24 heavy (non-hydrogen) atoms. The smallest absolute Gasteiger partial charge is 0.191 e. The molecule has 8 heteroatoms. The van der Waals surface area contributed by atoms with Gasteiger partial charge in [0.1, 0.15) is 0 Å². The van der Waals surface area contributed by atoms with Crippen LogP contribution in [0.4, 0.5) is 10.1 Å². The van der Waals surface area contributed by atoms with Crippen molar-refractivity contribution in [1.82, 2.24) is 4.98 Å². The van der Waals surface area contributed by atoms with Crippen molar-refractivity contribution >= 4 is 50.6 Å². The number of allylic oxidation sites excluding steroid dienone is 2. The van der Waals surface area contributed by atoms with Gasteiger partial charge in [0.25, 0.3) is 0 Å². The standard InChI is InChI=1S/C16H9BrCl2FN3O/c1-8(2-14(24)15-10(17)6-22-7-13(15)20)23-16-11(18)3-9(5-21)4-12(16)19/h2-4,6-7,23H,1H3/b8-2-. The van der Waals surface area contributed by atoms with E-state index in [-0.39, 0.29) is 20.1 Å². The van der Waals surface area contributed by atoms with Crippen LogP contribution in [-0.2, 0) is 0 Å². The van der Waals surface area contributed by atoms with E-state index in [2.05, 4.69) is 26.2 Å². The average Bonchev–Trinajstić information content (AvgIpc) is 2.50. The number of halogens is 4. The maximum absolute atomic E-state index is 13.8. The zero-order chi connectivity index (χ0) is 17.9. The number of rotatable bonds is 4. The van der Waals surface area contributed by atoms with Crippen LogP contribution in [0.25, 0.3) is 0 Å². The maximum atomic E-state index is 13.8.